The standard InChI is InChI=1S/C10H17F3N2O/c1-7(2)14-8-3-5-15(9(8)16)6-4-10(11,12)13/h7-8,14H,3-6H2,1-2H3. The van der Waals surface area contributed by atoms with Gasteiger partial charge in [-0.1, -0.05) is 13.8 Å². The van der Waals surface area contributed by atoms with Crippen LogP contribution in [0.1, 0.15) is 26.7 Å². The van der Waals surface area contributed by atoms with Crippen LogP contribution in [-0.4, -0.2) is 42.2 Å². The van der Waals surface area contributed by atoms with E-state index in [0.717, 1.165) is 0 Å². The summed E-state index contributed by atoms with van der Waals surface area (Å²) in [6, 6.07) is -0.148. The van der Waals surface area contributed by atoms with Crippen molar-refractivity contribution in [3.05, 3.63) is 0 Å². The fraction of sp³-hybridized carbons (Fsp3) is 0.900. The molecular weight excluding hydrogens is 221 g/mol. The van der Waals surface area contributed by atoms with Gasteiger partial charge in [0.05, 0.1) is 12.5 Å². The molecule has 1 unspecified atom stereocenters. The molecular formula is C10H17F3N2O. The van der Waals surface area contributed by atoms with Crippen molar-refractivity contribution in [3.8, 4) is 0 Å². The molecule has 0 radical (unpaired) electrons. The van der Waals surface area contributed by atoms with Gasteiger partial charge in [-0.15, -0.1) is 0 Å². The van der Waals surface area contributed by atoms with Crippen molar-refractivity contribution in [2.45, 2.75) is 44.9 Å². The monoisotopic (exact) mass is 238 g/mol. The van der Waals surface area contributed by atoms with E-state index in [2.05, 4.69) is 5.32 Å². The quantitative estimate of drug-likeness (QED) is 0.805. The SMILES string of the molecule is CC(C)NC1CCN(CCC(F)(F)F)C1=O. The van der Waals surface area contributed by atoms with E-state index in [4.69, 9.17) is 0 Å². The molecule has 1 aliphatic rings. The molecule has 3 nitrogen and oxygen atoms in total. The number of halogens is 3. The molecule has 1 aliphatic heterocycles. The van der Waals surface area contributed by atoms with Gasteiger partial charge in [-0.2, -0.15) is 13.2 Å². The van der Waals surface area contributed by atoms with E-state index in [1.165, 1.54) is 4.90 Å². The number of likely N-dealkylation sites (tertiary alicyclic amines) is 1. The molecule has 0 bridgehead atoms. The lowest BCUT2D eigenvalue weighted by Gasteiger charge is -2.19. The number of hydrogen-bond acceptors (Lipinski definition) is 2. The Balaban J connectivity index is 2.39. The Morgan fingerprint density at radius 3 is 2.62 bits per heavy atom. The van der Waals surface area contributed by atoms with E-state index in [9.17, 15) is 18.0 Å². The summed E-state index contributed by atoms with van der Waals surface area (Å²) in [6.45, 7) is 4.01. The third-order valence-electron chi connectivity index (χ3n) is 2.50. The third kappa shape index (κ3) is 4.00. The molecule has 1 heterocycles. The molecule has 0 aromatic rings. The molecule has 1 rings (SSSR count). The minimum Gasteiger partial charge on any atom is -0.341 e. The van der Waals surface area contributed by atoms with Gasteiger partial charge in [0.2, 0.25) is 5.91 Å². The Labute approximate surface area is 93.0 Å². The minimum absolute atomic E-state index is 0.163. The molecule has 1 atom stereocenters. The van der Waals surface area contributed by atoms with Gasteiger partial charge in [0.1, 0.15) is 0 Å². The molecule has 0 aromatic heterocycles. The van der Waals surface area contributed by atoms with Crippen LogP contribution >= 0.6 is 0 Å². The zero-order valence-electron chi connectivity index (χ0n) is 9.47. The van der Waals surface area contributed by atoms with E-state index >= 15 is 0 Å². The summed E-state index contributed by atoms with van der Waals surface area (Å²) in [5.74, 6) is -0.210. The summed E-state index contributed by atoms with van der Waals surface area (Å²) in [4.78, 5) is 12.9. The van der Waals surface area contributed by atoms with Gasteiger partial charge in [0, 0.05) is 19.1 Å². The lowest BCUT2D eigenvalue weighted by Crippen LogP contribution is -2.42. The van der Waals surface area contributed by atoms with Gasteiger partial charge in [0.15, 0.2) is 0 Å². The average Bonchev–Trinajstić information content (AvgIpc) is 2.43. The second-order valence-corrected chi connectivity index (χ2v) is 4.35. The smallest absolute Gasteiger partial charge is 0.341 e. The summed E-state index contributed by atoms with van der Waals surface area (Å²) in [7, 11) is 0. The van der Waals surface area contributed by atoms with Crippen molar-refractivity contribution in [3.63, 3.8) is 0 Å². The molecule has 1 N–H and O–H groups in total. The molecule has 0 aliphatic carbocycles. The van der Waals surface area contributed by atoms with Crippen LogP contribution < -0.4 is 5.32 Å². The maximum atomic E-state index is 12.0. The van der Waals surface area contributed by atoms with Gasteiger partial charge >= 0.3 is 6.18 Å². The zero-order chi connectivity index (χ0) is 12.3. The van der Waals surface area contributed by atoms with Crippen LogP contribution in [0.3, 0.4) is 0 Å². The lowest BCUT2D eigenvalue weighted by molar-refractivity contribution is -0.143. The lowest BCUT2D eigenvalue weighted by atomic mass is 10.2. The Morgan fingerprint density at radius 1 is 1.50 bits per heavy atom. The summed E-state index contributed by atoms with van der Waals surface area (Å²) >= 11 is 0. The minimum atomic E-state index is -4.19. The molecule has 16 heavy (non-hydrogen) atoms. The van der Waals surface area contributed by atoms with E-state index in [-0.39, 0.29) is 24.5 Å². The molecule has 1 fully saturated rings. The van der Waals surface area contributed by atoms with Crippen LogP contribution in [0, 0.1) is 0 Å². The second-order valence-electron chi connectivity index (χ2n) is 4.35. The van der Waals surface area contributed by atoms with E-state index in [1.807, 2.05) is 13.8 Å². The Morgan fingerprint density at radius 2 is 2.12 bits per heavy atom. The number of carbonyl (C=O) groups is 1. The third-order valence-corrected chi connectivity index (χ3v) is 2.50. The second kappa shape index (κ2) is 5.03. The van der Waals surface area contributed by atoms with E-state index in [0.29, 0.717) is 13.0 Å². The van der Waals surface area contributed by atoms with Crippen molar-refractivity contribution >= 4 is 5.91 Å². The Bertz CT molecular complexity index is 253. The molecule has 0 aromatic carbocycles. The first-order valence-electron chi connectivity index (χ1n) is 5.41. The summed E-state index contributed by atoms with van der Waals surface area (Å²) in [5, 5.41) is 3.05. The predicted molar refractivity (Wildman–Crippen MR) is 53.9 cm³/mol. The van der Waals surface area contributed by atoms with Gasteiger partial charge in [-0.25, -0.2) is 0 Å². The largest absolute Gasteiger partial charge is 0.390 e. The van der Waals surface area contributed by atoms with Crippen molar-refractivity contribution in [2.24, 2.45) is 0 Å². The van der Waals surface area contributed by atoms with Crippen molar-refractivity contribution in [1.29, 1.82) is 0 Å². The summed E-state index contributed by atoms with van der Waals surface area (Å²) in [5.41, 5.74) is 0. The van der Waals surface area contributed by atoms with Crippen molar-refractivity contribution in [2.75, 3.05) is 13.1 Å². The van der Waals surface area contributed by atoms with Crippen molar-refractivity contribution in [1.82, 2.24) is 10.2 Å². The molecule has 1 amide bonds. The predicted octanol–water partition coefficient (Wildman–Crippen LogP) is 1.54. The fourth-order valence-corrected chi connectivity index (χ4v) is 1.78. The molecule has 94 valence electrons. The van der Waals surface area contributed by atoms with Gasteiger partial charge in [0.25, 0.3) is 0 Å². The number of hydrogen-bond donors (Lipinski definition) is 1. The van der Waals surface area contributed by atoms with Gasteiger partial charge in [-0.05, 0) is 6.42 Å². The first-order valence-corrected chi connectivity index (χ1v) is 5.41. The first-order chi connectivity index (χ1) is 7.29. The van der Waals surface area contributed by atoms with E-state index < -0.39 is 12.6 Å². The number of rotatable bonds is 4. The first kappa shape index (κ1) is 13.3. The maximum Gasteiger partial charge on any atom is 0.390 e. The number of nitrogens with one attached hydrogen (secondary N) is 1. The molecule has 6 heteroatoms. The number of carbonyl (C=O) groups excluding carboxylic acids is 1. The average molecular weight is 238 g/mol. The fourth-order valence-electron chi connectivity index (χ4n) is 1.78. The van der Waals surface area contributed by atoms with Crippen LogP contribution in [0.15, 0.2) is 0 Å². The zero-order valence-corrected chi connectivity index (χ0v) is 9.47. The number of nitrogens with zero attached hydrogens (tertiary/aromatic N) is 1. The maximum absolute atomic E-state index is 12.0. The highest BCUT2D eigenvalue weighted by Gasteiger charge is 2.35. The van der Waals surface area contributed by atoms with E-state index in [1.54, 1.807) is 0 Å². The normalized spacial score (nSPS) is 22.2. The summed E-state index contributed by atoms with van der Waals surface area (Å²) < 4.78 is 36.0. The topological polar surface area (TPSA) is 32.3 Å². The highest BCUT2D eigenvalue weighted by molar-refractivity contribution is 5.83. The summed E-state index contributed by atoms with van der Waals surface area (Å²) in [6.07, 6.45) is -4.52. The van der Waals surface area contributed by atoms with Crippen LogP contribution in [0.2, 0.25) is 0 Å². The highest BCUT2D eigenvalue weighted by atomic mass is 19.4. The number of amides is 1. The van der Waals surface area contributed by atoms with Crippen LogP contribution in [0.25, 0.3) is 0 Å². The molecule has 0 saturated carbocycles. The van der Waals surface area contributed by atoms with Crippen LogP contribution in [-0.2, 0) is 4.79 Å². The highest BCUT2D eigenvalue weighted by Crippen LogP contribution is 2.21. The van der Waals surface area contributed by atoms with Gasteiger partial charge in [-0.3, -0.25) is 4.79 Å². The van der Waals surface area contributed by atoms with Gasteiger partial charge < -0.3 is 10.2 Å². The van der Waals surface area contributed by atoms with Crippen molar-refractivity contribution < 1.29 is 18.0 Å². The molecule has 1 saturated heterocycles. The molecule has 0 spiro atoms. The Kier molecular flexibility index (Phi) is 4.18. The van der Waals surface area contributed by atoms with Crippen LogP contribution in [0.5, 0.6) is 0 Å². The van der Waals surface area contributed by atoms with Crippen LogP contribution in [0.4, 0.5) is 13.2 Å². The number of alkyl halides is 3. The Hall–Kier alpha value is -0.780.